The zero-order chi connectivity index (χ0) is 14.9. The van der Waals surface area contributed by atoms with Gasteiger partial charge < -0.3 is 20.2 Å². The summed E-state index contributed by atoms with van der Waals surface area (Å²) in [4.78, 5) is 23.0. The zero-order valence-electron chi connectivity index (χ0n) is 11.5. The summed E-state index contributed by atoms with van der Waals surface area (Å²) in [6.45, 7) is 3.29. The van der Waals surface area contributed by atoms with Crippen molar-refractivity contribution in [2.24, 2.45) is 5.73 Å². The van der Waals surface area contributed by atoms with Crippen molar-refractivity contribution >= 4 is 22.8 Å². The van der Waals surface area contributed by atoms with Crippen molar-refractivity contribution in [1.29, 1.82) is 0 Å². The first-order valence-corrected chi connectivity index (χ1v) is 6.11. The fourth-order valence-corrected chi connectivity index (χ4v) is 1.88. The number of benzene rings is 1. The minimum absolute atomic E-state index is 0.168. The number of fused-ring (bicyclic) bond motifs is 1. The fraction of sp³-hybridized carbons (Fsp3) is 0.286. The third-order valence-electron chi connectivity index (χ3n) is 3.12. The molecule has 0 fully saturated rings. The monoisotopic (exact) mass is 276 g/mol. The van der Waals surface area contributed by atoms with Crippen molar-refractivity contribution in [2.45, 2.75) is 19.9 Å². The number of ether oxygens (including phenoxy) is 1. The smallest absolute Gasteiger partial charge is 0.287 e. The lowest BCUT2D eigenvalue weighted by molar-refractivity contribution is -0.119. The van der Waals surface area contributed by atoms with Crippen molar-refractivity contribution in [3.63, 3.8) is 0 Å². The number of furan rings is 1. The van der Waals surface area contributed by atoms with Gasteiger partial charge in [-0.15, -0.1) is 0 Å². The highest BCUT2D eigenvalue weighted by molar-refractivity contribution is 6.00. The number of carbonyl (C=O) groups excluding carboxylic acids is 2. The Kier molecular flexibility index (Phi) is 3.65. The molecule has 20 heavy (non-hydrogen) atoms. The lowest BCUT2D eigenvalue weighted by Crippen LogP contribution is -2.42. The molecule has 0 bridgehead atoms. The second-order valence-electron chi connectivity index (χ2n) is 4.52. The highest BCUT2D eigenvalue weighted by Gasteiger charge is 2.21. The third-order valence-corrected chi connectivity index (χ3v) is 3.12. The van der Waals surface area contributed by atoms with Gasteiger partial charge in [-0.3, -0.25) is 9.59 Å². The standard InChI is InChI=1S/C14H16N2O4/c1-7-10-6-9(19-3)4-5-11(10)20-12(7)14(18)16-8(2)13(15)17/h4-6,8H,1-3H3,(H2,15,17)(H,16,18)/t8-/m1/s1. The van der Waals surface area contributed by atoms with Crippen LogP contribution in [0.5, 0.6) is 5.75 Å². The van der Waals surface area contributed by atoms with Crippen LogP contribution in [0.3, 0.4) is 0 Å². The Bertz CT molecular complexity index is 675. The van der Waals surface area contributed by atoms with Crippen LogP contribution in [0.1, 0.15) is 23.0 Å². The molecule has 0 unspecified atom stereocenters. The van der Waals surface area contributed by atoms with Gasteiger partial charge in [0.15, 0.2) is 5.76 Å². The van der Waals surface area contributed by atoms with E-state index >= 15 is 0 Å². The van der Waals surface area contributed by atoms with Crippen LogP contribution in [-0.2, 0) is 4.79 Å². The molecule has 2 amide bonds. The van der Waals surface area contributed by atoms with Crippen molar-refractivity contribution in [3.05, 3.63) is 29.5 Å². The number of amides is 2. The Labute approximate surface area is 115 Å². The molecule has 2 aromatic rings. The molecule has 0 aliphatic heterocycles. The minimum atomic E-state index is -0.760. The average Bonchev–Trinajstić information content (AvgIpc) is 2.75. The third kappa shape index (κ3) is 2.45. The van der Waals surface area contributed by atoms with Crippen molar-refractivity contribution in [1.82, 2.24) is 5.32 Å². The van der Waals surface area contributed by atoms with E-state index in [2.05, 4.69) is 5.32 Å². The first-order valence-electron chi connectivity index (χ1n) is 6.11. The van der Waals surface area contributed by atoms with Gasteiger partial charge in [0.25, 0.3) is 5.91 Å². The second-order valence-corrected chi connectivity index (χ2v) is 4.52. The topological polar surface area (TPSA) is 94.6 Å². The summed E-state index contributed by atoms with van der Waals surface area (Å²) in [5, 5.41) is 3.28. The number of aryl methyl sites for hydroxylation is 1. The number of nitrogens with two attached hydrogens (primary N) is 1. The Morgan fingerprint density at radius 1 is 1.40 bits per heavy atom. The van der Waals surface area contributed by atoms with Gasteiger partial charge in [-0.1, -0.05) is 0 Å². The van der Waals surface area contributed by atoms with Gasteiger partial charge in [0.2, 0.25) is 5.91 Å². The van der Waals surface area contributed by atoms with E-state index in [-0.39, 0.29) is 5.76 Å². The minimum Gasteiger partial charge on any atom is -0.497 e. The average molecular weight is 276 g/mol. The molecule has 0 saturated heterocycles. The zero-order valence-corrected chi connectivity index (χ0v) is 11.5. The van der Waals surface area contributed by atoms with E-state index in [9.17, 15) is 9.59 Å². The van der Waals surface area contributed by atoms with Gasteiger partial charge in [0.1, 0.15) is 17.4 Å². The molecule has 6 heteroatoms. The lowest BCUT2D eigenvalue weighted by atomic mass is 10.1. The molecule has 6 nitrogen and oxygen atoms in total. The largest absolute Gasteiger partial charge is 0.497 e. The van der Waals surface area contributed by atoms with Gasteiger partial charge in [0, 0.05) is 10.9 Å². The number of carbonyl (C=O) groups is 2. The van der Waals surface area contributed by atoms with Gasteiger partial charge in [0.05, 0.1) is 7.11 Å². The van der Waals surface area contributed by atoms with Crippen LogP contribution in [-0.4, -0.2) is 25.0 Å². The number of hydrogen-bond donors (Lipinski definition) is 2. The molecule has 1 aromatic carbocycles. The van der Waals surface area contributed by atoms with Crippen LogP contribution in [0.4, 0.5) is 0 Å². The van der Waals surface area contributed by atoms with E-state index in [1.165, 1.54) is 6.92 Å². The molecular weight excluding hydrogens is 260 g/mol. The van der Waals surface area contributed by atoms with Gasteiger partial charge in [-0.2, -0.15) is 0 Å². The molecule has 0 radical (unpaired) electrons. The predicted octanol–water partition coefficient (Wildman–Crippen LogP) is 1.35. The summed E-state index contributed by atoms with van der Waals surface area (Å²) >= 11 is 0. The Morgan fingerprint density at radius 2 is 2.10 bits per heavy atom. The maximum absolute atomic E-state index is 12.1. The number of hydrogen-bond acceptors (Lipinski definition) is 4. The van der Waals surface area contributed by atoms with Crippen molar-refractivity contribution in [3.8, 4) is 5.75 Å². The summed E-state index contributed by atoms with van der Waals surface area (Å²) in [5.74, 6) is -0.224. The maximum atomic E-state index is 12.1. The molecule has 2 rings (SSSR count). The lowest BCUT2D eigenvalue weighted by Gasteiger charge is -2.08. The van der Waals surface area contributed by atoms with Gasteiger partial charge in [-0.25, -0.2) is 0 Å². The quantitative estimate of drug-likeness (QED) is 0.881. The number of methoxy groups -OCH3 is 1. The summed E-state index contributed by atoms with van der Waals surface area (Å²) in [6, 6.07) is 4.52. The highest BCUT2D eigenvalue weighted by atomic mass is 16.5. The van der Waals surface area contributed by atoms with E-state index in [1.54, 1.807) is 32.2 Å². The van der Waals surface area contributed by atoms with E-state index in [1.807, 2.05) is 0 Å². The van der Waals surface area contributed by atoms with E-state index in [0.717, 1.165) is 5.39 Å². The molecule has 106 valence electrons. The van der Waals surface area contributed by atoms with E-state index in [4.69, 9.17) is 14.9 Å². The molecule has 1 heterocycles. The van der Waals surface area contributed by atoms with Gasteiger partial charge >= 0.3 is 0 Å². The van der Waals surface area contributed by atoms with Crippen LogP contribution in [0.2, 0.25) is 0 Å². The molecular formula is C14H16N2O4. The maximum Gasteiger partial charge on any atom is 0.287 e. The fourth-order valence-electron chi connectivity index (χ4n) is 1.88. The molecule has 1 atom stereocenters. The van der Waals surface area contributed by atoms with E-state index < -0.39 is 17.9 Å². The van der Waals surface area contributed by atoms with Crippen LogP contribution in [0.15, 0.2) is 22.6 Å². The number of nitrogens with one attached hydrogen (secondary N) is 1. The SMILES string of the molecule is COc1ccc2oc(C(=O)N[C@H](C)C(N)=O)c(C)c2c1. The molecule has 0 aliphatic carbocycles. The summed E-state index contributed by atoms with van der Waals surface area (Å²) < 4.78 is 10.7. The highest BCUT2D eigenvalue weighted by Crippen LogP contribution is 2.28. The summed E-state index contributed by atoms with van der Waals surface area (Å²) in [5.41, 5.74) is 6.38. The summed E-state index contributed by atoms with van der Waals surface area (Å²) in [7, 11) is 1.57. The van der Waals surface area contributed by atoms with Crippen LogP contribution < -0.4 is 15.8 Å². The molecule has 0 aliphatic rings. The first kappa shape index (κ1) is 13.9. The Balaban J connectivity index is 2.37. The first-order chi connectivity index (χ1) is 9.43. The van der Waals surface area contributed by atoms with Crippen molar-refractivity contribution in [2.75, 3.05) is 7.11 Å². The van der Waals surface area contributed by atoms with Crippen LogP contribution >= 0.6 is 0 Å². The Morgan fingerprint density at radius 3 is 2.70 bits per heavy atom. The number of rotatable bonds is 4. The second kappa shape index (κ2) is 5.24. The Hall–Kier alpha value is -2.50. The van der Waals surface area contributed by atoms with Crippen molar-refractivity contribution < 1.29 is 18.7 Å². The molecule has 0 saturated carbocycles. The normalized spacial score (nSPS) is 12.2. The van der Waals surface area contributed by atoms with Crippen LogP contribution in [0.25, 0.3) is 11.0 Å². The van der Waals surface area contributed by atoms with Crippen LogP contribution in [0, 0.1) is 6.92 Å². The number of primary amides is 1. The predicted molar refractivity (Wildman–Crippen MR) is 73.6 cm³/mol. The summed E-state index contributed by atoms with van der Waals surface area (Å²) in [6.07, 6.45) is 0. The van der Waals surface area contributed by atoms with E-state index in [0.29, 0.717) is 16.9 Å². The molecule has 0 spiro atoms. The molecule has 3 N–H and O–H groups in total. The molecule has 1 aromatic heterocycles. The van der Waals surface area contributed by atoms with Gasteiger partial charge in [-0.05, 0) is 32.0 Å².